The van der Waals surface area contributed by atoms with Gasteiger partial charge in [0.2, 0.25) is 10.0 Å². The summed E-state index contributed by atoms with van der Waals surface area (Å²) in [4.78, 5) is 0.356. The third-order valence-electron chi connectivity index (χ3n) is 4.16. The maximum absolute atomic E-state index is 12.5. The zero-order valence-corrected chi connectivity index (χ0v) is 14.1. The van der Waals surface area contributed by atoms with Crippen LogP contribution < -0.4 is 10.5 Å². The van der Waals surface area contributed by atoms with Crippen LogP contribution in [0.5, 0.6) is 0 Å². The Morgan fingerprint density at radius 3 is 2.43 bits per heavy atom. The molecule has 1 unspecified atom stereocenters. The Morgan fingerprint density at radius 2 is 1.86 bits per heavy atom. The number of hydrogen-bond donors (Lipinski definition) is 2. The second-order valence-electron chi connectivity index (χ2n) is 5.63. The molecule has 0 bridgehead atoms. The molecule has 21 heavy (non-hydrogen) atoms. The number of halogens is 1. The summed E-state index contributed by atoms with van der Waals surface area (Å²) in [5, 5.41) is 0. The summed E-state index contributed by atoms with van der Waals surface area (Å²) in [5.74, 6) is 0.368. The van der Waals surface area contributed by atoms with E-state index in [1.54, 1.807) is 12.1 Å². The first-order valence-corrected chi connectivity index (χ1v) is 8.81. The summed E-state index contributed by atoms with van der Waals surface area (Å²) in [5.41, 5.74) is 6.56. The highest BCUT2D eigenvalue weighted by molar-refractivity contribution is 7.89. The average Bonchev–Trinajstić information content (AvgIpc) is 2.46. The molecular weight excluding hydrogens is 308 g/mol. The van der Waals surface area contributed by atoms with Crippen LogP contribution in [0.3, 0.4) is 0 Å². The van der Waals surface area contributed by atoms with Crippen LogP contribution in [0.1, 0.15) is 37.7 Å². The van der Waals surface area contributed by atoms with Crippen molar-refractivity contribution < 1.29 is 8.42 Å². The second-order valence-corrected chi connectivity index (χ2v) is 7.31. The maximum atomic E-state index is 12.5. The van der Waals surface area contributed by atoms with Crippen molar-refractivity contribution in [1.82, 2.24) is 4.72 Å². The molecule has 3 N–H and O–H groups in total. The van der Waals surface area contributed by atoms with Gasteiger partial charge in [0.25, 0.3) is 0 Å². The summed E-state index contributed by atoms with van der Waals surface area (Å²) in [6.45, 7) is 2.17. The molecule has 0 spiro atoms. The molecule has 0 saturated heterocycles. The third kappa shape index (κ3) is 4.68. The molecule has 0 radical (unpaired) electrons. The predicted octanol–water partition coefficient (Wildman–Crippen LogP) is 2.60. The normalized spacial score (nSPS) is 18.0. The van der Waals surface area contributed by atoms with Gasteiger partial charge in [-0.1, -0.05) is 37.5 Å². The van der Waals surface area contributed by atoms with Gasteiger partial charge in [0.15, 0.2) is 0 Å². The molecule has 1 aromatic rings. The lowest BCUT2D eigenvalue weighted by Crippen LogP contribution is -2.45. The van der Waals surface area contributed by atoms with Gasteiger partial charge in [-0.25, -0.2) is 13.1 Å². The van der Waals surface area contributed by atoms with Gasteiger partial charge in [-0.2, -0.15) is 0 Å². The Morgan fingerprint density at radius 1 is 1.24 bits per heavy atom. The van der Waals surface area contributed by atoms with Crippen LogP contribution in [-0.2, 0) is 10.0 Å². The molecule has 2 rings (SSSR count). The minimum absolute atomic E-state index is 0. The molecule has 6 heteroatoms. The smallest absolute Gasteiger partial charge is 0.241 e. The molecule has 1 aliphatic rings. The quantitative estimate of drug-likeness (QED) is 0.870. The molecule has 4 nitrogen and oxygen atoms in total. The van der Waals surface area contributed by atoms with Crippen molar-refractivity contribution in [3.8, 4) is 0 Å². The van der Waals surface area contributed by atoms with Crippen LogP contribution in [0, 0.1) is 12.8 Å². The van der Waals surface area contributed by atoms with Crippen molar-refractivity contribution in [2.45, 2.75) is 50.0 Å². The molecule has 1 fully saturated rings. The summed E-state index contributed by atoms with van der Waals surface area (Å²) in [6.07, 6.45) is 5.73. The van der Waals surface area contributed by atoms with Crippen LogP contribution in [0.4, 0.5) is 0 Å². The van der Waals surface area contributed by atoms with E-state index < -0.39 is 10.0 Å². The molecule has 1 atom stereocenters. The van der Waals surface area contributed by atoms with Crippen molar-refractivity contribution in [3.63, 3.8) is 0 Å². The van der Waals surface area contributed by atoms with Crippen molar-refractivity contribution in [2.75, 3.05) is 6.54 Å². The molecular formula is C15H25ClN2O2S. The van der Waals surface area contributed by atoms with Crippen molar-refractivity contribution in [3.05, 3.63) is 29.8 Å². The highest BCUT2D eigenvalue weighted by Crippen LogP contribution is 2.27. The monoisotopic (exact) mass is 332 g/mol. The highest BCUT2D eigenvalue weighted by atomic mass is 35.5. The van der Waals surface area contributed by atoms with Crippen molar-refractivity contribution in [2.24, 2.45) is 11.7 Å². The highest BCUT2D eigenvalue weighted by Gasteiger charge is 2.27. The lowest BCUT2D eigenvalue weighted by atomic mass is 9.84. The molecule has 1 aromatic carbocycles. The SMILES string of the molecule is Cc1ccccc1S(=O)(=O)NC(CN)C1CCCCC1.Cl. The van der Waals surface area contributed by atoms with Gasteiger partial charge in [0, 0.05) is 12.6 Å². The van der Waals surface area contributed by atoms with E-state index in [0.717, 1.165) is 18.4 Å². The molecule has 0 heterocycles. The Hall–Kier alpha value is -0.620. The van der Waals surface area contributed by atoms with E-state index >= 15 is 0 Å². The first kappa shape index (κ1) is 18.4. The largest absolute Gasteiger partial charge is 0.329 e. The van der Waals surface area contributed by atoms with Crippen LogP contribution in [0.2, 0.25) is 0 Å². The van der Waals surface area contributed by atoms with Crippen molar-refractivity contribution >= 4 is 22.4 Å². The number of hydrogen-bond acceptors (Lipinski definition) is 3. The molecule has 1 aliphatic carbocycles. The van der Waals surface area contributed by atoms with E-state index in [0.29, 0.717) is 17.4 Å². The number of nitrogens with two attached hydrogens (primary N) is 1. The lowest BCUT2D eigenvalue weighted by molar-refractivity contribution is 0.294. The minimum atomic E-state index is -3.48. The van der Waals surface area contributed by atoms with E-state index in [1.165, 1.54) is 19.3 Å². The number of aryl methyl sites for hydroxylation is 1. The Bertz CT molecular complexity index is 542. The average molecular weight is 333 g/mol. The van der Waals surface area contributed by atoms with E-state index in [2.05, 4.69) is 4.72 Å². The van der Waals surface area contributed by atoms with E-state index in [4.69, 9.17) is 5.73 Å². The molecule has 0 amide bonds. The van der Waals surface area contributed by atoms with E-state index in [9.17, 15) is 8.42 Å². The Kier molecular flexibility index (Phi) is 7.13. The summed E-state index contributed by atoms with van der Waals surface area (Å²) < 4.78 is 27.8. The van der Waals surface area contributed by atoms with Gasteiger partial charge in [-0.05, 0) is 37.3 Å². The Labute approximate surface area is 134 Å². The number of nitrogens with one attached hydrogen (secondary N) is 1. The van der Waals surface area contributed by atoms with Gasteiger partial charge in [-0.15, -0.1) is 12.4 Å². The minimum Gasteiger partial charge on any atom is -0.329 e. The molecule has 0 aromatic heterocycles. The van der Waals surface area contributed by atoms with Gasteiger partial charge in [0.1, 0.15) is 0 Å². The molecule has 120 valence electrons. The third-order valence-corrected chi connectivity index (χ3v) is 5.81. The number of rotatable bonds is 5. The predicted molar refractivity (Wildman–Crippen MR) is 88.2 cm³/mol. The zero-order chi connectivity index (χ0) is 14.6. The fourth-order valence-corrected chi connectivity index (χ4v) is 4.56. The fourth-order valence-electron chi connectivity index (χ4n) is 2.99. The lowest BCUT2D eigenvalue weighted by Gasteiger charge is -2.30. The topological polar surface area (TPSA) is 72.2 Å². The van der Waals surface area contributed by atoms with Gasteiger partial charge < -0.3 is 5.73 Å². The van der Waals surface area contributed by atoms with E-state index in [1.807, 2.05) is 19.1 Å². The summed E-state index contributed by atoms with van der Waals surface area (Å²) in [6, 6.07) is 6.90. The first-order valence-electron chi connectivity index (χ1n) is 7.32. The van der Waals surface area contributed by atoms with E-state index in [-0.39, 0.29) is 18.4 Å². The fraction of sp³-hybridized carbons (Fsp3) is 0.600. The van der Waals surface area contributed by atoms with Gasteiger partial charge >= 0.3 is 0 Å². The molecule has 0 aliphatic heterocycles. The number of benzene rings is 1. The standard InChI is InChI=1S/C15H24N2O2S.ClH/c1-12-7-5-6-10-15(12)20(18,19)17-14(11-16)13-8-3-2-4-9-13;/h5-7,10,13-14,17H,2-4,8-9,11,16H2,1H3;1H. The number of sulfonamides is 1. The van der Waals surface area contributed by atoms with Gasteiger partial charge in [0.05, 0.1) is 4.90 Å². The zero-order valence-electron chi connectivity index (χ0n) is 12.4. The summed E-state index contributed by atoms with van der Waals surface area (Å²) in [7, 11) is -3.48. The maximum Gasteiger partial charge on any atom is 0.241 e. The van der Waals surface area contributed by atoms with Crippen molar-refractivity contribution in [1.29, 1.82) is 0 Å². The first-order chi connectivity index (χ1) is 9.54. The molecule has 1 saturated carbocycles. The van der Waals surface area contributed by atoms with Crippen LogP contribution in [-0.4, -0.2) is 21.0 Å². The summed E-state index contributed by atoms with van der Waals surface area (Å²) >= 11 is 0. The van der Waals surface area contributed by atoms with Crippen LogP contribution in [0.15, 0.2) is 29.2 Å². The Balaban J connectivity index is 0.00000220. The second kappa shape index (κ2) is 8.13. The van der Waals surface area contributed by atoms with Crippen LogP contribution >= 0.6 is 12.4 Å². The van der Waals surface area contributed by atoms with Gasteiger partial charge in [-0.3, -0.25) is 0 Å². The van der Waals surface area contributed by atoms with Crippen LogP contribution in [0.25, 0.3) is 0 Å².